The molecule has 3 atom stereocenters. The van der Waals surface area contributed by atoms with Crippen molar-refractivity contribution in [2.45, 2.75) is 50.6 Å². The van der Waals surface area contributed by atoms with E-state index >= 15 is 0 Å². The summed E-state index contributed by atoms with van der Waals surface area (Å²) >= 11 is 1.59. The largest absolute Gasteiger partial charge is 0.494 e. The van der Waals surface area contributed by atoms with Gasteiger partial charge in [0.1, 0.15) is 11.8 Å². The molecule has 2 amide bonds. The normalized spacial score (nSPS) is 25.1. The van der Waals surface area contributed by atoms with Gasteiger partial charge in [-0.1, -0.05) is 0 Å². The quantitative estimate of drug-likeness (QED) is 0.749. The van der Waals surface area contributed by atoms with Gasteiger partial charge in [0.25, 0.3) is 5.91 Å². The third-order valence-corrected chi connectivity index (χ3v) is 6.32. The molecule has 0 unspecified atom stereocenters. The van der Waals surface area contributed by atoms with Crippen LogP contribution in [0.15, 0.2) is 24.3 Å². The van der Waals surface area contributed by atoms with Gasteiger partial charge in [0.2, 0.25) is 5.91 Å². The first-order valence-electron chi connectivity index (χ1n) is 9.04. The van der Waals surface area contributed by atoms with E-state index in [1.54, 1.807) is 40.9 Å². The van der Waals surface area contributed by atoms with Crippen LogP contribution >= 0.6 is 11.8 Å². The van der Waals surface area contributed by atoms with Crippen LogP contribution in [0, 0.1) is 0 Å². The van der Waals surface area contributed by atoms with Gasteiger partial charge in [0, 0.05) is 17.9 Å². The molecule has 0 aliphatic carbocycles. The predicted molar refractivity (Wildman–Crippen MR) is 103 cm³/mol. The van der Waals surface area contributed by atoms with Crippen molar-refractivity contribution in [2.24, 2.45) is 0 Å². The molecule has 0 spiro atoms. The Morgan fingerprint density at radius 2 is 2.07 bits per heavy atom. The highest BCUT2D eigenvalue weighted by Crippen LogP contribution is 2.47. The summed E-state index contributed by atoms with van der Waals surface area (Å²) in [6.45, 7) is 5.95. The number of carbonyl (C=O) groups excluding carboxylic acids is 3. The van der Waals surface area contributed by atoms with Crippen LogP contribution in [0.25, 0.3) is 0 Å². The minimum absolute atomic E-state index is 0.0315. The number of hydrogen-bond donors (Lipinski definition) is 1. The Morgan fingerprint density at radius 1 is 1.37 bits per heavy atom. The molecular formula is C19H24N2O5S. The van der Waals surface area contributed by atoms with Crippen LogP contribution in [0.3, 0.4) is 0 Å². The molecule has 1 aromatic rings. The second-order valence-corrected chi connectivity index (χ2v) is 8.29. The molecular weight excluding hydrogens is 368 g/mol. The van der Waals surface area contributed by atoms with Crippen LogP contribution in [0.5, 0.6) is 5.75 Å². The van der Waals surface area contributed by atoms with E-state index in [0.717, 1.165) is 6.42 Å². The number of hydrogen-bond acceptors (Lipinski definition) is 6. The molecule has 1 aromatic carbocycles. The minimum Gasteiger partial charge on any atom is -0.494 e. The molecule has 2 fully saturated rings. The second-order valence-electron chi connectivity index (χ2n) is 6.79. The van der Waals surface area contributed by atoms with Gasteiger partial charge in [-0.25, -0.2) is 4.79 Å². The summed E-state index contributed by atoms with van der Waals surface area (Å²) in [5.74, 6) is 0.223. The number of esters is 1. The predicted octanol–water partition coefficient (Wildman–Crippen LogP) is 2.41. The van der Waals surface area contributed by atoms with Crippen molar-refractivity contribution in [1.29, 1.82) is 0 Å². The summed E-state index contributed by atoms with van der Waals surface area (Å²) in [7, 11) is 0. The molecule has 1 N–H and O–H groups in total. The number of amides is 2. The van der Waals surface area contributed by atoms with Crippen LogP contribution in [-0.2, 0) is 19.1 Å². The van der Waals surface area contributed by atoms with Crippen molar-refractivity contribution in [3.8, 4) is 5.75 Å². The fraction of sp³-hybridized carbons (Fsp3) is 0.526. The van der Waals surface area contributed by atoms with Crippen molar-refractivity contribution in [2.75, 3.05) is 17.7 Å². The second kappa shape index (κ2) is 7.80. The van der Waals surface area contributed by atoms with Crippen molar-refractivity contribution in [3.63, 3.8) is 0 Å². The number of benzene rings is 1. The molecule has 2 heterocycles. The Kier molecular flexibility index (Phi) is 5.64. The molecule has 7 nitrogen and oxygen atoms in total. The highest BCUT2D eigenvalue weighted by Gasteiger charge is 2.53. The third-order valence-electron chi connectivity index (χ3n) is 4.81. The summed E-state index contributed by atoms with van der Waals surface area (Å²) in [5.41, 5.74) is 0.588. The smallest absolute Gasteiger partial charge is 0.330 e. The molecule has 2 aliphatic rings. The van der Waals surface area contributed by atoms with Gasteiger partial charge in [-0.2, -0.15) is 0 Å². The monoisotopic (exact) mass is 392 g/mol. The molecule has 2 saturated heterocycles. The maximum Gasteiger partial charge on any atom is 0.330 e. The Morgan fingerprint density at radius 3 is 2.74 bits per heavy atom. The maximum atomic E-state index is 12.5. The molecule has 3 rings (SSSR count). The molecule has 0 aromatic heterocycles. The summed E-state index contributed by atoms with van der Waals surface area (Å²) in [4.78, 5) is 38.3. The van der Waals surface area contributed by atoms with Crippen molar-refractivity contribution >= 4 is 35.2 Å². The summed E-state index contributed by atoms with van der Waals surface area (Å²) < 4.78 is 10.7. The van der Waals surface area contributed by atoms with Gasteiger partial charge in [0.05, 0.1) is 11.5 Å². The molecule has 0 saturated carbocycles. The van der Waals surface area contributed by atoms with E-state index < -0.39 is 24.0 Å². The Bertz CT molecular complexity index is 738. The standard InChI is InChI=1S/C19H24N2O5S/c1-4-25-14-7-5-13(6-8-14)20-17(23)12(2)26-18(24)15-11-27-19(3)10-9-16(22)21(15)19/h5-8,12,15H,4,9-11H2,1-3H3,(H,20,23)/t12-,15-,19-/m0/s1. The fourth-order valence-electron chi connectivity index (χ4n) is 3.35. The first-order chi connectivity index (χ1) is 12.8. The van der Waals surface area contributed by atoms with Gasteiger partial charge in [0.15, 0.2) is 6.10 Å². The van der Waals surface area contributed by atoms with Crippen LogP contribution in [-0.4, -0.2) is 52.1 Å². The zero-order valence-corrected chi connectivity index (χ0v) is 16.5. The number of nitrogens with one attached hydrogen (secondary N) is 1. The Labute approximate surface area is 162 Å². The lowest BCUT2D eigenvalue weighted by molar-refractivity contribution is -0.160. The highest BCUT2D eigenvalue weighted by molar-refractivity contribution is 8.01. The zero-order valence-electron chi connectivity index (χ0n) is 15.7. The van der Waals surface area contributed by atoms with E-state index in [4.69, 9.17) is 9.47 Å². The molecule has 146 valence electrons. The molecule has 0 bridgehead atoms. The van der Waals surface area contributed by atoms with Crippen LogP contribution < -0.4 is 10.1 Å². The average molecular weight is 392 g/mol. The molecule has 2 aliphatic heterocycles. The lowest BCUT2D eigenvalue weighted by Crippen LogP contribution is -2.48. The third kappa shape index (κ3) is 4.05. The molecule has 8 heteroatoms. The lowest BCUT2D eigenvalue weighted by Gasteiger charge is -2.29. The van der Waals surface area contributed by atoms with E-state index in [1.165, 1.54) is 6.92 Å². The van der Waals surface area contributed by atoms with E-state index in [1.807, 2.05) is 13.8 Å². The topological polar surface area (TPSA) is 84.9 Å². The maximum absolute atomic E-state index is 12.5. The number of anilines is 1. The van der Waals surface area contributed by atoms with E-state index in [-0.39, 0.29) is 10.8 Å². The van der Waals surface area contributed by atoms with Gasteiger partial charge in [-0.05, 0) is 51.5 Å². The van der Waals surface area contributed by atoms with Crippen molar-refractivity contribution < 1.29 is 23.9 Å². The van der Waals surface area contributed by atoms with Gasteiger partial charge in [-0.15, -0.1) is 11.8 Å². The van der Waals surface area contributed by atoms with E-state index in [0.29, 0.717) is 30.2 Å². The number of ether oxygens (including phenoxy) is 2. The minimum atomic E-state index is -0.960. The molecule has 27 heavy (non-hydrogen) atoms. The van der Waals surface area contributed by atoms with Gasteiger partial charge >= 0.3 is 5.97 Å². The fourth-order valence-corrected chi connectivity index (χ4v) is 4.76. The van der Waals surface area contributed by atoms with E-state index in [9.17, 15) is 14.4 Å². The summed E-state index contributed by atoms with van der Waals surface area (Å²) in [6.07, 6.45) is 0.216. The SMILES string of the molecule is CCOc1ccc(NC(=O)[C@H](C)OC(=O)[C@@H]2CS[C@@]3(C)CCC(=O)N23)cc1. The summed E-state index contributed by atoms with van der Waals surface area (Å²) in [6, 6.07) is 6.32. The van der Waals surface area contributed by atoms with E-state index in [2.05, 4.69) is 5.32 Å². The number of carbonyl (C=O) groups is 3. The van der Waals surface area contributed by atoms with Crippen LogP contribution in [0.1, 0.15) is 33.6 Å². The summed E-state index contributed by atoms with van der Waals surface area (Å²) in [5, 5.41) is 2.71. The average Bonchev–Trinajstić information content (AvgIpc) is 3.13. The lowest BCUT2D eigenvalue weighted by atomic mass is 10.2. The van der Waals surface area contributed by atoms with Crippen molar-refractivity contribution in [3.05, 3.63) is 24.3 Å². The number of nitrogens with zero attached hydrogens (tertiary/aromatic N) is 1. The number of thioether (sulfide) groups is 1. The van der Waals surface area contributed by atoms with Crippen LogP contribution in [0.4, 0.5) is 5.69 Å². The number of rotatable bonds is 6. The van der Waals surface area contributed by atoms with Crippen LogP contribution in [0.2, 0.25) is 0 Å². The first kappa shape index (κ1) is 19.5. The highest BCUT2D eigenvalue weighted by atomic mass is 32.2. The van der Waals surface area contributed by atoms with Gasteiger partial charge < -0.3 is 19.7 Å². The zero-order chi connectivity index (χ0) is 19.6. The Hall–Kier alpha value is -2.22. The molecule has 0 radical (unpaired) electrons. The number of fused-ring (bicyclic) bond motifs is 1. The first-order valence-corrected chi connectivity index (χ1v) is 10.0. The Balaban J connectivity index is 1.56. The van der Waals surface area contributed by atoms with Crippen molar-refractivity contribution in [1.82, 2.24) is 4.90 Å². The van der Waals surface area contributed by atoms with Gasteiger partial charge in [-0.3, -0.25) is 9.59 Å².